The lowest BCUT2D eigenvalue weighted by atomic mass is 9.96. The number of thiol groups is 1. The fourth-order valence-electron chi connectivity index (χ4n) is 5.18. The van der Waals surface area contributed by atoms with Crippen molar-refractivity contribution >= 4 is 50.2 Å². The van der Waals surface area contributed by atoms with E-state index < -0.39 is 10.1 Å². The lowest BCUT2D eigenvalue weighted by Gasteiger charge is -2.32. The Morgan fingerprint density at radius 3 is 2.44 bits per heavy atom. The third-order valence-corrected chi connectivity index (χ3v) is 8.07. The van der Waals surface area contributed by atoms with Crippen LogP contribution in [0.5, 0.6) is 0 Å². The van der Waals surface area contributed by atoms with Crippen molar-refractivity contribution in [3.8, 4) is 5.82 Å². The van der Waals surface area contributed by atoms with E-state index in [0.717, 1.165) is 67.0 Å². The van der Waals surface area contributed by atoms with Crippen molar-refractivity contribution in [3.05, 3.63) is 60.4 Å². The van der Waals surface area contributed by atoms with E-state index in [2.05, 4.69) is 42.7 Å². The quantitative estimate of drug-likeness (QED) is 0.248. The van der Waals surface area contributed by atoms with E-state index in [1.807, 2.05) is 36.5 Å². The fourth-order valence-corrected chi connectivity index (χ4v) is 5.86. The first-order chi connectivity index (χ1) is 18.7. The van der Waals surface area contributed by atoms with Crippen LogP contribution in [0.15, 0.2) is 54.7 Å². The first kappa shape index (κ1) is 25.3. The molecule has 6 rings (SSSR count). The molecule has 4 heterocycles. The smallest absolute Gasteiger partial charge is 0.229 e. The van der Waals surface area contributed by atoms with Gasteiger partial charge in [-0.15, -0.1) is 0 Å². The summed E-state index contributed by atoms with van der Waals surface area (Å²) in [5.41, 5.74) is 9.43. The lowest BCUT2D eigenvalue weighted by molar-refractivity contribution is -0.122. The highest BCUT2D eigenvalue weighted by molar-refractivity contribution is 8.02. The molecule has 0 unspecified atom stereocenters. The average molecular weight is 547 g/mol. The van der Waals surface area contributed by atoms with Gasteiger partial charge in [-0.05, 0) is 84.2 Å². The number of rotatable bonds is 8. The Morgan fingerprint density at radius 1 is 1.03 bits per heavy atom. The number of fused-ring (bicyclic) bond motifs is 1. The third-order valence-electron chi connectivity index (χ3n) is 7.30. The second-order valence-electron chi connectivity index (χ2n) is 10.8. The minimum Gasteiger partial charge on any atom is -0.371 e. The summed E-state index contributed by atoms with van der Waals surface area (Å²) >= 11 is 0. The second-order valence-corrected chi connectivity index (χ2v) is 13.8. The van der Waals surface area contributed by atoms with Gasteiger partial charge in [-0.1, -0.05) is 6.07 Å². The molecule has 204 valence electrons. The number of carbonyl (C=O) groups excluding carboxylic acids is 1. The summed E-state index contributed by atoms with van der Waals surface area (Å²) in [6.45, 7) is 1.64. The molecular formula is C28H34N8O2S. The van der Waals surface area contributed by atoms with Gasteiger partial charge in [0.1, 0.15) is 11.6 Å². The zero-order valence-electron chi connectivity index (χ0n) is 22.2. The Balaban J connectivity index is 1.26. The molecule has 0 radical (unpaired) electrons. The van der Waals surface area contributed by atoms with Crippen molar-refractivity contribution < 1.29 is 9.00 Å². The number of nitrogens with two attached hydrogens (primary N) is 1. The van der Waals surface area contributed by atoms with Crippen LogP contribution in [-0.4, -0.2) is 55.2 Å². The van der Waals surface area contributed by atoms with Crippen molar-refractivity contribution in [2.75, 3.05) is 40.5 Å². The van der Waals surface area contributed by atoms with Crippen molar-refractivity contribution in [1.82, 2.24) is 19.5 Å². The van der Waals surface area contributed by atoms with Crippen LogP contribution >= 0.6 is 0 Å². The number of piperidine rings is 1. The van der Waals surface area contributed by atoms with Gasteiger partial charge in [0, 0.05) is 60.2 Å². The van der Waals surface area contributed by atoms with E-state index in [0.29, 0.717) is 17.7 Å². The molecule has 1 amide bonds. The summed E-state index contributed by atoms with van der Waals surface area (Å²) in [7, 11) is -2.50. The molecule has 1 aromatic carbocycles. The third kappa shape index (κ3) is 5.58. The number of hydrogen-bond donors (Lipinski definition) is 4. The summed E-state index contributed by atoms with van der Waals surface area (Å²) in [5.74, 6) is 2.06. The van der Waals surface area contributed by atoms with Crippen LogP contribution in [0.2, 0.25) is 0 Å². The van der Waals surface area contributed by atoms with Gasteiger partial charge in [0.15, 0.2) is 5.65 Å². The van der Waals surface area contributed by atoms with Crippen molar-refractivity contribution in [3.63, 3.8) is 0 Å². The van der Waals surface area contributed by atoms with Crippen LogP contribution in [0.4, 0.5) is 23.1 Å². The monoisotopic (exact) mass is 546 g/mol. The van der Waals surface area contributed by atoms with Crippen molar-refractivity contribution in [2.24, 2.45) is 11.7 Å². The predicted octanol–water partition coefficient (Wildman–Crippen LogP) is 3.74. The molecule has 1 aliphatic carbocycles. The molecule has 3 aromatic heterocycles. The van der Waals surface area contributed by atoms with E-state index in [1.165, 1.54) is 5.69 Å². The number of nitrogens with zero attached hydrogens (tertiary/aromatic N) is 5. The minimum absolute atomic E-state index is 0.0254. The highest BCUT2D eigenvalue weighted by Crippen LogP contribution is 2.43. The summed E-state index contributed by atoms with van der Waals surface area (Å²) in [6.07, 6.45) is 9.07. The molecule has 39 heavy (non-hydrogen) atoms. The van der Waals surface area contributed by atoms with E-state index in [1.54, 1.807) is 12.5 Å². The number of pyridine rings is 1. The number of benzene rings is 1. The molecular weight excluding hydrogens is 512 g/mol. The van der Waals surface area contributed by atoms with E-state index in [4.69, 9.17) is 15.7 Å². The molecule has 1 aliphatic heterocycles. The topological polar surface area (TPSA) is 131 Å². The first-order valence-corrected chi connectivity index (χ1v) is 15.9. The Kier molecular flexibility index (Phi) is 6.46. The summed E-state index contributed by atoms with van der Waals surface area (Å²) < 4.78 is 17.5. The van der Waals surface area contributed by atoms with Gasteiger partial charge in [-0.25, -0.2) is 9.97 Å². The summed E-state index contributed by atoms with van der Waals surface area (Å²) in [5, 5.41) is 4.29. The maximum Gasteiger partial charge on any atom is 0.229 e. The minimum atomic E-state index is -2.50. The van der Waals surface area contributed by atoms with E-state index >= 15 is 0 Å². The molecule has 0 spiro atoms. The standard InChI is InChI=1S/C28H34N8O2S/c1-39(2,38)34-24-4-3-5-25(32-24)36-23(18-6-7-18)16-20-17-30-28(33-27(20)36)31-21-8-10-22(11-9-21)35-14-12-19(13-15-35)26(29)37/h3-5,8-11,16-19,39H,6-7,12-15H2,1-2H3,(H2,29,37)(H,30,31,33)(H,32,34,38). The molecule has 2 fully saturated rings. The second kappa shape index (κ2) is 9.96. The van der Waals surface area contributed by atoms with Gasteiger partial charge < -0.3 is 20.7 Å². The van der Waals surface area contributed by atoms with Gasteiger partial charge >= 0.3 is 0 Å². The van der Waals surface area contributed by atoms with Crippen LogP contribution in [0.1, 0.15) is 37.3 Å². The Bertz CT molecular complexity index is 1570. The van der Waals surface area contributed by atoms with Crippen molar-refractivity contribution in [2.45, 2.75) is 31.6 Å². The number of carbonyl (C=O) groups is 1. The number of amides is 1. The Morgan fingerprint density at radius 2 is 1.77 bits per heavy atom. The largest absolute Gasteiger partial charge is 0.371 e. The van der Waals surface area contributed by atoms with Crippen molar-refractivity contribution in [1.29, 1.82) is 0 Å². The highest BCUT2D eigenvalue weighted by Gasteiger charge is 2.29. The van der Waals surface area contributed by atoms with Crippen LogP contribution in [0.3, 0.4) is 0 Å². The summed E-state index contributed by atoms with van der Waals surface area (Å²) in [4.78, 5) is 28.0. The van der Waals surface area contributed by atoms with Crippen LogP contribution in [0, 0.1) is 5.92 Å². The number of nitrogens with one attached hydrogen (secondary N) is 2. The molecule has 11 heteroatoms. The zero-order valence-corrected chi connectivity index (χ0v) is 23.1. The highest BCUT2D eigenvalue weighted by atomic mass is 32.3. The Hall–Kier alpha value is -3.99. The van der Waals surface area contributed by atoms with Gasteiger partial charge in [-0.2, -0.15) is 4.98 Å². The number of primary amides is 1. The average Bonchev–Trinajstić information content (AvgIpc) is 3.68. The van der Waals surface area contributed by atoms with Crippen LogP contribution in [0.25, 0.3) is 16.9 Å². The van der Waals surface area contributed by atoms with E-state index in [-0.39, 0.29) is 11.8 Å². The van der Waals surface area contributed by atoms with E-state index in [9.17, 15) is 9.00 Å². The van der Waals surface area contributed by atoms with Gasteiger partial charge in [0.05, 0.1) is 0 Å². The molecule has 1 saturated heterocycles. The molecule has 0 bridgehead atoms. The first-order valence-electron chi connectivity index (χ1n) is 13.3. The zero-order chi connectivity index (χ0) is 27.1. The predicted molar refractivity (Wildman–Crippen MR) is 157 cm³/mol. The molecule has 1 saturated carbocycles. The normalized spacial score (nSPS) is 16.8. The molecule has 10 nitrogen and oxygen atoms in total. The fraction of sp³-hybridized carbons (Fsp3) is 0.357. The number of aromatic nitrogens is 4. The lowest BCUT2D eigenvalue weighted by Crippen LogP contribution is -2.38. The Labute approximate surface area is 228 Å². The maximum atomic E-state index is 12.3. The summed E-state index contributed by atoms with van der Waals surface area (Å²) in [6, 6.07) is 16.0. The number of hydrogen-bond acceptors (Lipinski definition) is 7. The maximum absolute atomic E-state index is 12.3. The van der Waals surface area contributed by atoms with Gasteiger partial charge in [0.25, 0.3) is 0 Å². The van der Waals surface area contributed by atoms with Gasteiger partial charge in [0.2, 0.25) is 11.9 Å². The number of anilines is 4. The SMILES string of the molecule is C[SH](C)(=O)Nc1cccc(-n2c(C3CC3)cc3cnc(Nc4ccc(N5CCC(C(N)=O)CC5)cc4)nc32)n1. The molecule has 0 atom stereocenters. The van der Waals surface area contributed by atoms with Crippen LogP contribution < -0.4 is 20.7 Å². The van der Waals surface area contributed by atoms with Crippen LogP contribution in [-0.2, 0) is 14.9 Å². The molecule has 2 aliphatic rings. The molecule has 4 aromatic rings. The van der Waals surface area contributed by atoms with Gasteiger partial charge in [-0.3, -0.25) is 13.6 Å². The molecule has 4 N–H and O–H groups in total.